The highest BCUT2D eigenvalue weighted by atomic mass is 35.5. The Morgan fingerprint density at radius 2 is 2.17 bits per heavy atom. The van der Waals surface area contributed by atoms with Gasteiger partial charge in [0, 0.05) is 18.0 Å². The van der Waals surface area contributed by atoms with E-state index in [0.29, 0.717) is 11.7 Å². The first kappa shape index (κ1) is 13.5. The molecule has 0 aliphatic heterocycles. The van der Waals surface area contributed by atoms with Gasteiger partial charge in [-0.3, -0.25) is 0 Å². The van der Waals surface area contributed by atoms with Crippen LogP contribution in [0.5, 0.6) is 0 Å². The molecule has 0 unspecified atom stereocenters. The van der Waals surface area contributed by atoms with Crippen LogP contribution >= 0.6 is 34.5 Å². The van der Waals surface area contributed by atoms with Gasteiger partial charge in [-0.25, -0.2) is 15.0 Å². The highest BCUT2D eigenvalue weighted by molar-refractivity contribution is 7.09. The Bertz CT molecular complexity index is 544. The van der Waals surface area contributed by atoms with Crippen molar-refractivity contribution >= 4 is 40.4 Å². The van der Waals surface area contributed by atoms with Crippen molar-refractivity contribution in [1.29, 1.82) is 0 Å². The summed E-state index contributed by atoms with van der Waals surface area (Å²) in [4.78, 5) is 14.6. The molecule has 0 atom stereocenters. The van der Waals surface area contributed by atoms with Gasteiger partial charge in [-0.15, -0.1) is 22.9 Å². The second-order valence-electron chi connectivity index (χ2n) is 3.81. The summed E-state index contributed by atoms with van der Waals surface area (Å²) in [5.41, 5.74) is 1.76. The minimum Gasteiger partial charge on any atom is -0.353 e. The molecule has 0 spiro atoms. The third-order valence-electron chi connectivity index (χ3n) is 2.43. The van der Waals surface area contributed by atoms with Gasteiger partial charge in [-0.2, -0.15) is 0 Å². The van der Waals surface area contributed by atoms with Crippen LogP contribution < -0.4 is 4.90 Å². The Hall–Kier alpha value is -0.910. The fraction of sp³-hybridized carbons (Fsp3) is 0.364. The molecule has 0 N–H and O–H groups in total. The van der Waals surface area contributed by atoms with Crippen molar-refractivity contribution in [1.82, 2.24) is 15.0 Å². The topological polar surface area (TPSA) is 41.9 Å². The first-order valence-corrected chi connectivity index (χ1v) is 7.08. The van der Waals surface area contributed by atoms with Gasteiger partial charge in [0.15, 0.2) is 0 Å². The van der Waals surface area contributed by atoms with E-state index in [-0.39, 0.29) is 5.88 Å². The number of alkyl halides is 1. The third-order valence-corrected chi connectivity index (χ3v) is 3.85. The zero-order chi connectivity index (χ0) is 13.1. The fourth-order valence-electron chi connectivity index (χ4n) is 1.62. The van der Waals surface area contributed by atoms with Crippen LogP contribution in [-0.2, 0) is 12.4 Å². The van der Waals surface area contributed by atoms with Crippen LogP contribution in [0.15, 0.2) is 11.7 Å². The molecule has 0 amide bonds. The summed E-state index contributed by atoms with van der Waals surface area (Å²) in [5.74, 6) is 1.03. The molecule has 96 valence electrons. The highest BCUT2D eigenvalue weighted by Gasteiger charge is 2.14. The molecular weight excluding hydrogens is 291 g/mol. The van der Waals surface area contributed by atoms with Crippen LogP contribution in [0.2, 0.25) is 5.15 Å². The molecule has 0 radical (unpaired) electrons. The maximum atomic E-state index is 6.00. The van der Waals surface area contributed by atoms with E-state index in [0.717, 1.165) is 22.1 Å². The van der Waals surface area contributed by atoms with Crippen LogP contribution in [-0.4, -0.2) is 22.0 Å². The summed E-state index contributed by atoms with van der Waals surface area (Å²) in [7, 11) is 1.93. The van der Waals surface area contributed by atoms with E-state index in [4.69, 9.17) is 23.2 Å². The Morgan fingerprint density at radius 3 is 2.78 bits per heavy atom. The van der Waals surface area contributed by atoms with Crippen molar-refractivity contribution in [2.45, 2.75) is 19.3 Å². The van der Waals surface area contributed by atoms with E-state index in [1.54, 1.807) is 11.3 Å². The molecule has 0 saturated carbocycles. The van der Waals surface area contributed by atoms with Gasteiger partial charge in [0.05, 0.1) is 23.1 Å². The van der Waals surface area contributed by atoms with Gasteiger partial charge in [0.25, 0.3) is 0 Å². The Kier molecular flexibility index (Phi) is 4.37. The lowest BCUT2D eigenvalue weighted by Gasteiger charge is -2.19. The number of anilines is 1. The van der Waals surface area contributed by atoms with Crippen molar-refractivity contribution in [3.05, 3.63) is 33.1 Å². The van der Waals surface area contributed by atoms with E-state index in [9.17, 15) is 0 Å². The number of halogens is 2. The zero-order valence-corrected chi connectivity index (χ0v) is 12.4. The standard InChI is InChI=1S/C11H12Cl2N4S/c1-7-16-8(5-18-7)4-17(2)11-9(3-12)10(13)14-6-15-11/h5-6H,3-4H2,1-2H3. The Labute approximate surface area is 120 Å². The average molecular weight is 303 g/mol. The van der Waals surface area contributed by atoms with Crippen LogP contribution in [0.1, 0.15) is 16.3 Å². The smallest absolute Gasteiger partial charge is 0.138 e. The molecule has 0 saturated heterocycles. The summed E-state index contributed by atoms with van der Waals surface area (Å²) in [6, 6.07) is 0. The normalized spacial score (nSPS) is 10.7. The van der Waals surface area contributed by atoms with Crippen molar-refractivity contribution in [3.63, 3.8) is 0 Å². The Morgan fingerprint density at radius 1 is 1.39 bits per heavy atom. The molecule has 2 heterocycles. The lowest BCUT2D eigenvalue weighted by atomic mass is 10.3. The average Bonchev–Trinajstić information content (AvgIpc) is 2.74. The van der Waals surface area contributed by atoms with Gasteiger partial charge < -0.3 is 4.90 Å². The summed E-state index contributed by atoms with van der Waals surface area (Å²) >= 11 is 13.5. The van der Waals surface area contributed by atoms with Gasteiger partial charge in [0.1, 0.15) is 17.3 Å². The highest BCUT2D eigenvalue weighted by Crippen LogP contribution is 2.25. The number of thiazole rings is 1. The molecule has 2 aromatic rings. The molecule has 0 fully saturated rings. The van der Waals surface area contributed by atoms with Crippen LogP contribution in [0.25, 0.3) is 0 Å². The number of rotatable bonds is 4. The molecule has 2 rings (SSSR count). The van der Waals surface area contributed by atoms with Crippen molar-refractivity contribution in [2.24, 2.45) is 0 Å². The molecule has 0 aliphatic carbocycles. The SMILES string of the molecule is Cc1nc(CN(C)c2ncnc(Cl)c2CCl)cs1. The van der Waals surface area contributed by atoms with Crippen molar-refractivity contribution < 1.29 is 0 Å². The first-order valence-electron chi connectivity index (χ1n) is 5.29. The summed E-state index contributed by atoms with van der Waals surface area (Å²) < 4.78 is 0. The van der Waals surface area contributed by atoms with Gasteiger partial charge in [-0.1, -0.05) is 11.6 Å². The number of nitrogens with zero attached hydrogens (tertiary/aromatic N) is 4. The van der Waals surface area contributed by atoms with E-state index < -0.39 is 0 Å². The molecule has 0 bridgehead atoms. The first-order chi connectivity index (χ1) is 8.61. The lowest BCUT2D eigenvalue weighted by molar-refractivity contribution is 0.857. The second-order valence-corrected chi connectivity index (χ2v) is 5.50. The minimum atomic E-state index is 0.287. The minimum absolute atomic E-state index is 0.287. The number of hydrogen-bond donors (Lipinski definition) is 0. The maximum Gasteiger partial charge on any atom is 0.138 e. The van der Waals surface area contributed by atoms with Crippen molar-refractivity contribution in [3.8, 4) is 0 Å². The van der Waals surface area contributed by atoms with Crippen LogP contribution in [0, 0.1) is 6.92 Å². The predicted molar refractivity (Wildman–Crippen MR) is 75.6 cm³/mol. The third kappa shape index (κ3) is 2.91. The molecular formula is C11H12Cl2N4S. The van der Waals surface area contributed by atoms with Crippen LogP contribution in [0.4, 0.5) is 5.82 Å². The largest absolute Gasteiger partial charge is 0.353 e. The van der Waals surface area contributed by atoms with Gasteiger partial charge in [-0.05, 0) is 6.92 Å². The monoisotopic (exact) mass is 302 g/mol. The number of aromatic nitrogens is 3. The summed E-state index contributed by atoms with van der Waals surface area (Å²) in [6.45, 7) is 2.65. The van der Waals surface area contributed by atoms with Crippen molar-refractivity contribution in [2.75, 3.05) is 11.9 Å². The molecule has 18 heavy (non-hydrogen) atoms. The second kappa shape index (κ2) is 5.82. The van der Waals surface area contributed by atoms with Gasteiger partial charge >= 0.3 is 0 Å². The van der Waals surface area contributed by atoms with E-state index in [1.165, 1.54) is 6.33 Å². The number of hydrogen-bond acceptors (Lipinski definition) is 5. The van der Waals surface area contributed by atoms with E-state index in [1.807, 2.05) is 24.3 Å². The van der Waals surface area contributed by atoms with E-state index in [2.05, 4.69) is 15.0 Å². The molecule has 4 nitrogen and oxygen atoms in total. The number of aryl methyl sites for hydroxylation is 1. The quantitative estimate of drug-likeness (QED) is 0.642. The van der Waals surface area contributed by atoms with Gasteiger partial charge in [0.2, 0.25) is 0 Å². The molecule has 7 heteroatoms. The molecule has 2 aromatic heterocycles. The lowest BCUT2D eigenvalue weighted by Crippen LogP contribution is -2.20. The Balaban J connectivity index is 2.23. The maximum absolute atomic E-state index is 6.00. The van der Waals surface area contributed by atoms with E-state index >= 15 is 0 Å². The molecule has 0 aliphatic rings. The van der Waals surface area contributed by atoms with Crippen LogP contribution in [0.3, 0.4) is 0 Å². The summed E-state index contributed by atoms with van der Waals surface area (Å²) in [5, 5.41) is 3.49. The fourth-order valence-corrected chi connectivity index (χ4v) is 2.74. The summed E-state index contributed by atoms with van der Waals surface area (Å²) in [6.07, 6.45) is 1.44. The molecule has 0 aromatic carbocycles. The zero-order valence-electron chi connectivity index (χ0n) is 10.0. The predicted octanol–water partition coefficient (Wildman–Crippen LogP) is 3.27.